The molecule has 2 N–H and O–H groups in total. The lowest BCUT2D eigenvalue weighted by Gasteiger charge is -2.21. The lowest BCUT2D eigenvalue weighted by Crippen LogP contribution is -2.14. The third-order valence-corrected chi connectivity index (χ3v) is 3.81. The lowest BCUT2D eigenvalue weighted by atomic mass is 9.84. The van der Waals surface area contributed by atoms with E-state index >= 15 is 0 Å². The summed E-state index contributed by atoms with van der Waals surface area (Å²) in [5, 5.41) is 16.0. The molecule has 0 aromatic rings. The van der Waals surface area contributed by atoms with Gasteiger partial charge in [0.2, 0.25) is 0 Å². The molecule has 1 aliphatic rings. The summed E-state index contributed by atoms with van der Waals surface area (Å²) in [6, 6.07) is 0. The van der Waals surface area contributed by atoms with E-state index in [9.17, 15) is 4.79 Å². The molecule has 0 aromatic carbocycles. The fourth-order valence-electron chi connectivity index (χ4n) is 2.42. The van der Waals surface area contributed by atoms with Crippen molar-refractivity contribution < 1.29 is 15.0 Å². The van der Waals surface area contributed by atoms with Crippen LogP contribution in [0.5, 0.6) is 0 Å². The average Bonchev–Trinajstić information content (AvgIpc) is 2.40. The molecule has 1 rings (SSSR count). The molecule has 1 aliphatic carbocycles. The second-order valence-electron chi connectivity index (χ2n) is 5.38. The summed E-state index contributed by atoms with van der Waals surface area (Å²) >= 11 is 0. The minimum Gasteiger partial charge on any atom is -0.478 e. The quantitative estimate of drug-likeness (QED) is 0.592. The van der Waals surface area contributed by atoms with Crippen LogP contribution in [-0.2, 0) is 4.79 Å². The number of aliphatic hydroxyl groups excluding tert-OH is 1. The molecule has 3 heteroatoms. The van der Waals surface area contributed by atoms with Crippen molar-refractivity contribution in [1.82, 2.24) is 0 Å². The highest BCUT2D eigenvalue weighted by Gasteiger charge is 2.19. The molecule has 19 heavy (non-hydrogen) atoms. The minimum absolute atomic E-state index is 0.149. The van der Waals surface area contributed by atoms with Crippen molar-refractivity contribution in [3.05, 3.63) is 23.8 Å². The van der Waals surface area contributed by atoms with Crippen LogP contribution in [-0.4, -0.2) is 23.3 Å². The van der Waals surface area contributed by atoms with E-state index in [4.69, 9.17) is 10.2 Å². The number of allylic oxidation sites excluding steroid dienone is 2. The van der Waals surface area contributed by atoms with Crippen molar-refractivity contribution in [1.29, 1.82) is 0 Å². The Bertz CT molecular complexity index is 318. The summed E-state index contributed by atoms with van der Waals surface area (Å²) in [5.41, 5.74) is 1.79. The van der Waals surface area contributed by atoms with E-state index in [-0.39, 0.29) is 5.92 Å². The number of aliphatic hydroxyl groups is 1. The average molecular weight is 268 g/mol. The highest BCUT2D eigenvalue weighted by molar-refractivity contribution is 5.86. The lowest BCUT2D eigenvalue weighted by molar-refractivity contribution is -0.133. The van der Waals surface area contributed by atoms with Gasteiger partial charge in [-0.1, -0.05) is 31.6 Å². The van der Waals surface area contributed by atoms with Gasteiger partial charge in [0.25, 0.3) is 0 Å². The van der Waals surface area contributed by atoms with Crippen LogP contribution in [0.15, 0.2) is 23.8 Å². The van der Waals surface area contributed by atoms with Gasteiger partial charge in [0.05, 0.1) is 0 Å². The van der Waals surface area contributed by atoms with Crippen molar-refractivity contribution >= 4 is 5.97 Å². The third-order valence-electron chi connectivity index (χ3n) is 3.81. The van der Waals surface area contributed by atoms with Crippen LogP contribution in [0.1, 0.15) is 52.4 Å². The maximum Gasteiger partial charge on any atom is 0.331 e. The molecular formula is C16H28O3. The van der Waals surface area contributed by atoms with Gasteiger partial charge in [-0.15, -0.1) is 0 Å². The molecule has 2 unspecified atom stereocenters. The second-order valence-corrected chi connectivity index (χ2v) is 5.38. The molecule has 0 fully saturated rings. The fourth-order valence-corrected chi connectivity index (χ4v) is 2.42. The van der Waals surface area contributed by atoms with Crippen molar-refractivity contribution in [2.45, 2.75) is 52.4 Å². The Hall–Kier alpha value is -1.09. The third kappa shape index (κ3) is 7.16. The van der Waals surface area contributed by atoms with Crippen LogP contribution in [0.3, 0.4) is 0 Å². The summed E-state index contributed by atoms with van der Waals surface area (Å²) in [6.07, 6.45) is 8.71. The Kier molecular flexibility index (Phi) is 9.23. The van der Waals surface area contributed by atoms with Crippen LogP contribution < -0.4 is 0 Å². The highest BCUT2D eigenvalue weighted by Crippen LogP contribution is 2.28. The predicted octanol–water partition coefficient (Wildman–Crippen LogP) is 3.79. The number of carboxylic acids is 1. The van der Waals surface area contributed by atoms with Crippen molar-refractivity contribution in [3.8, 4) is 0 Å². The van der Waals surface area contributed by atoms with E-state index in [2.05, 4.69) is 26.5 Å². The standard InChI is InChI=1S/C15H24O2.CH4O/c1-11-5-4-6-12(2)8-10-14(9-7-11)13(3)15(16)17;1-2/h5,12,14H,3-4,6-10H2,1-2H3,(H,16,17);2H,1H3/b11-5+;. The number of carboxylic acid groups (broad SMARTS) is 1. The van der Waals surface area contributed by atoms with E-state index in [1.54, 1.807) is 0 Å². The van der Waals surface area contributed by atoms with Crippen LogP contribution >= 0.6 is 0 Å². The zero-order valence-corrected chi connectivity index (χ0v) is 12.5. The van der Waals surface area contributed by atoms with Gasteiger partial charge in [-0.25, -0.2) is 4.79 Å². The van der Waals surface area contributed by atoms with E-state index in [1.807, 2.05) is 0 Å². The molecule has 3 nitrogen and oxygen atoms in total. The number of hydrogen-bond donors (Lipinski definition) is 2. The fraction of sp³-hybridized carbons (Fsp3) is 0.688. The summed E-state index contributed by atoms with van der Waals surface area (Å²) in [7, 11) is 1.00. The van der Waals surface area contributed by atoms with Gasteiger partial charge in [0.15, 0.2) is 0 Å². The van der Waals surface area contributed by atoms with Crippen molar-refractivity contribution in [3.63, 3.8) is 0 Å². The van der Waals surface area contributed by atoms with Gasteiger partial charge in [-0.3, -0.25) is 0 Å². The Morgan fingerprint density at radius 2 is 1.89 bits per heavy atom. The zero-order chi connectivity index (χ0) is 14.8. The Morgan fingerprint density at radius 3 is 2.47 bits per heavy atom. The highest BCUT2D eigenvalue weighted by atomic mass is 16.4. The molecule has 0 aromatic heterocycles. The summed E-state index contributed by atoms with van der Waals surface area (Å²) in [6.45, 7) is 8.14. The normalized spacial score (nSPS) is 27.3. The van der Waals surface area contributed by atoms with Crippen molar-refractivity contribution in [2.24, 2.45) is 11.8 Å². The Balaban J connectivity index is 0.00000154. The SMILES string of the molecule is C=C(C(=O)O)C1CC/C(C)=C/CCC(C)CC1.CO. The van der Waals surface area contributed by atoms with Gasteiger partial charge in [0.1, 0.15) is 0 Å². The van der Waals surface area contributed by atoms with Crippen LogP contribution in [0.25, 0.3) is 0 Å². The summed E-state index contributed by atoms with van der Waals surface area (Å²) in [5.74, 6) is -0.000935. The monoisotopic (exact) mass is 268 g/mol. The zero-order valence-electron chi connectivity index (χ0n) is 12.5. The molecule has 0 saturated carbocycles. The smallest absolute Gasteiger partial charge is 0.331 e. The Morgan fingerprint density at radius 1 is 1.26 bits per heavy atom. The predicted molar refractivity (Wildman–Crippen MR) is 79.0 cm³/mol. The van der Waals surface area contributed by atoms with Gasteiger partial charge in [-0.2, -0.15) is 0 Å². The minimum atomic E-state index is -0.832. The molecule has 0 heterocycles. The van der Waals surface area contributed by atoms with Crippen LogP contribution in [0, 0.1) is 11.8 Å². The Labute approximate surface area is 117 Å². The van der Waals surface area contributed by atoms with E-state index in [0.717, 1.165) is 39.2 Å². The summed E-state index contributed by atoms with van der Waals surface area (Å²) in [4.78, 5) is 11.0. The first-order chi connectivity index (χ1) is 9.00. The molecule has 0 bridgehead atoms. The number of hydrogen-bond acceptors (Lipinski definition) is 2. The maximum atomic E-state index is 11.0. The first kappa shape index (κ1) is 17.9. The molecule has 110 valence electrons. The number of carbonyl (C=O) groups is 1. The molecule has 0 radical (unpaired) electrons. The van der Waals surface area contributed by atoms with E-state index in [1.165, 1.54) is 12.0 Å². The topological polar surface area (TPSA) is 57.5 Å². The maximum absolute atomic E-state index is 11.0. The van der Waals surface area contributed by atoms with Gasteiger partial charge < -0.3 is 10.2 Å². The number of aliphatic carboxylic acids is 1. The largest absolute Gasteiger partial charge is 0.478 e. The molecule has 0 spiro atoms. The second kappa shape index (κ2) is 9.79. The van der Waals surface area contributed by atoms with Crippen molar-refractivity contribution in [2.75, 3.05) is 7.11 Å². The molecule has 2 atom stereocenters. The summed E-state index contributed by atoms with van der Waals surface area (Å²) < 4.78 is 0. The first-order valence-corrected chi connectivity index (χ1v) is 7.03. The molecule has 0 aliphatic heterocycles. The molecule has 0 amide bonds. The van der Waals surface area contributed by atoms with Gasteiger partial charge in [0, 0.05) is 12.7 Å². The van der Waals surface area contributed by atoms with E-state index < -0.39 is 5.97 Å². The molecule has 0 saturated heterocycles. The number of rotatable bonds is 2. The van der Waals surface area contributed by atoms with Crippen LogP contribution in [0.4, 0.5) is 0 Å². The van der Waals surface area contributed by atoms with Gasteiger partial charge in [-0.05, 0) is 50.9 Å². The van der Waals surface area contributed by atoms with Crippen LogP contribution in [0.2, 0.25) is 0 Å². The van der Waals surface area contributed by atoms with E-state index in [0.29, 0.717) is 11.5 Å². The van der Waals surface area contributed by atoms with Gasteiger partial charge >= 0.3 is 5.97 Å². The molecular weight excluding hydrogens is 240 g/mol. The first-order valence-electron chi connectivity index (χ1n) is 7.03.